The molecular formula is C45H48ClN7O7S. The number of halogens is 1. The highest BCUT2D eigenvalue weighted by Gasteiger charge is 2.53. The minimum Gasteiger partial charge on any atom is -0.455 e. The lowest BCUT2D eigenvalue weighted by molar-refractivity contribution is -0.384. The quantitative estimate of drug-likeness (QED) is 0.0771. The van der Waals surface area contributed by atoms with E-state index in [0.717, 1.165) is 74.1 Å². The molecule has 0 bridgehead atoms. The normalized spacial score (nSPS) is 21.3. The predicted octanol–water partition coefficient (Wildman–Crippen LogP) is 8.13. The van der Waals surface area contributed by atoms with Crippen molar-refractivity contribution in [3.63, 3.8) is 0 Å². The lowest BCUT2D eigenvalue weighted by Crippen LogP contribution is -2.47. The summed E-state index contributed by atoms with van der Waals surface area (Å²) in [4.78, 5) is 37.1. The number of amides is 1. The van der Waals surface area contributed by atoms with E-state index in [2.05, 4.69) is 55.8 Å². The number of nitro benzene ring substituents is 1. The Bertz CT molecular complexity index is 2630. The summed E-state index contributed by atoms with van der Waals surface area (Å²) >= 11 is 6.24. The zero-order valence-electron chi connectivity index (χ0n) is 34.0. The van der Waals surface area contributed by atoms with Gasteiger partial charge in [0.05, 0.1) is 34.8 Å². The van der Waals surface area contributed by atoms with Gasteiger partial charge in [-0.25, -0.2) is 18.1 Å². The van der Waals surface area contributed by atoms with Crippen molar-refractivity contribution in [2.45, 2.75) is 38.0 Å². The van der Waals surface area contributed by atoms with E-state index in [1.807, 2.05) is 18.2 Å². The van der Waals surface area contributed by atoms with Gasteiger partial charge in [0, 0.05) is 73.7 Å². The van der Waals surface area contributed by atoms with Crippen LogP contribution in [0.1, 0.15) is 49.0 Å². The monoisotopic (exact) mass is 865 g/mol. The van der Waals surface area contributed by atoms with Crippen molar-refractivity contribution in [1.82, 2.24) is 19.6 Å². The smallest absolute Gasteiger partial charge is 0.293 e. The Labute approximate surface area is 359 Å². The van der Waals surface area contributed by atoms with Gasteiger partial charge in [-0.05, 0) is 102 Å². The summed E-state index contributed by atoms with van der Waals surface area (Å²) < 4.78 is 41.2. The number of H-pyrrole nitrogens is 1. The third-order valence-electron chi connectivity index (χ3n) is 12.7. The van der Waals surface area contributed by atoms with Crippen molar-refractivity contribution in [1.29, 1.82) is 0 Å². The highest BCUT2D eigenvalue weighted by molar-refractivity contribution is 7.90. The predicted molar refractivity (Wildman–Crippen MR) is 235 cm³/mol. The number of nitrogens with one attached hydrogen (secondary N) is 3. The number of nitrogens with zero attached hydrogens (tertiary/aromatic N) is 4. The van der Waals surface area contributed by atoms with Gasteiger partial charge < -0.3 is 24.7 Å². The summed E-state index contributed by atoms with van der Waals surface area (Å²) in [5.41, 5.74) is 5.58. The van der Waals surface area contributed by atoms with Crippen LogP contribution in [0.4, 0.5) is 17.1 Å². The molecule has 16 heteroatoms. The average Bonchev–Trinajstić information content (AvgIpc) is 3.52. The van der Waals surface area contributed by atoms with Gasteiger partial charge >= 0.3 is 0 Å². The van der Waals surface area contributed by atoms with Gasteiger partial charge in [0.25, 0.3) is 21.6 Å². The number of anilines is 2. The van der Waals surface area contributed by atoms with E-state index in [1.165, 1.54) is 35.0 Å². The van der Waals surface area contributed by atoms with E-state index >= 15 is 0 Å². The number of fused-ring (bicyclic) bond motifs is 2. The molecule has 9 rings (SSSR count). The van der Waals surface area contributed by atoms with E-state index in [1.54, 1.807) is 30.5 Å². The molecule has 1 amide bonds. The summed E-state index contributed by atoms with van der Waals surface area (Å²) in [6.45, 7) is 10.5. The lowest BCUT2D eigenvalue weighted by Gasteiger charge is -2.39. The number of hydrogen-bond donors (Lipinski definition) is 3. The maximum atomic E-state index is 13.9. The molecule has 14 nitrogen and oxygen atoms in total. The number of aromatic nitrogens is 2. The maximum absolute atomic E-state index is 13.9. The minimum absolute atomic E-state index is 0.0336. The van der Waals surface area contributed by atoms with Crippen LogP contribution >= 0.6 is 11.6 Å². The van der Waals surface area contributed by atoms with E-state index in [9.17, 15) is 23.3 Å². The minimum atomic E-state index is -4.55. The van der Waals surface area contributed by atoms with Crippen LogP contribution in [0.5, 0.6) is 11.5 Å². The van der Waals surface area contributed by atoms with Crippen LogP contribution in [0.3, 0.4) is 0 Å². The molecule has 4 heterocycles. The van der Waals surface area contributed by atoms with Crippen LogP contribution in [-0.4, -0.2) is 86.6 Å². The summed E-state index contributed by atoms with van der Waals surface area (Å²) in [6.07, 6.45) is 6.49. The zero-order chi connectivity index (χ0) is 42.5. The van der Waals surface area contributed by atoms with Crippen molar-refractivity contribution >= 4 is 61.2 Å². The third-order valence-corrected chi connectivity index (χ3v) is 14.3. The highest BCUT2D eigenvalue weighted by atomic mass is 35.5. The van der Waals surface area contributed by atoms with Gasteiger partial charge in [0.15, 0.2) is 0 Å². The number of allylic oxidation sites excluding steroid dienone is 1. The number of rotatable bonds is 13. The number of benzene rings is 3. The van der Waals surface area contributed by atoms with Crippen LogP contribution in [0, 0.1) is 33.3 Å². The fourth-order valence-corrected chi connectivity index (χ4v) is 10.2. The second-order valence-corrected chi connectivity index (χ2v) is 19.5. The molecule has 3 aromatic carbocycles. The number of carbonyl (C=O) groups excluding carboxylic acids is 1. The van der Waals surface area contributed by atoms with Crippen LogP contribution in [0.15, 0.2) is 95.7 Å². The van der Waals surface area contributed by atoms with Gasteiger partial charge in [-0.2, -0.15) is 0 Å². The Hall–Kier alpha value is -5.48. The van der Waals surface area contributed by atoms with E-state index in [0.29, 0.717) is 48.9 Å². The summed E-state index contributed by atoms with van der Waals surface area (Å²) in [5.74, 6) is 0.784. The number of piperazine rings is 1. The molecule has 61 heavy (non-hydrogen) atoms. The molecule has 2 saturated heterocycles. The standard InChI is InChI=1S/C45H48ClN7O7S/c1-45(2)13-11-30(36(22-45)28-3-5-31(46)6-4-28)25-51-15-17-52(18-16-51)32-7-9-35(42(20-32)60-33-19-29-12-14-47-43(29)49-23-33)44(54)50-61(57,58)34-8-10-40(41(21-34)53(55)56)48-24-37-38-26-59-27-39(37)38/h3-10,12,14,19-21,23,37-39,48H,11,13,15-18,22,24-27H2,1-2H3,(H,47,49)(H,50,54)/t37-,38+,39-. The average molecular weight is 866 g/mol. The zero-order valence-corrected chi connectivity index (χ0v) is 35.6. The molecule has 5 aromatic rings. The van der Waals surface area contributed by atoms with E-state index in [4.69, 9.17) is 21.1 Å². The second-order valence-electron chi connectivity index (χ2n) is 17.3. The Kier molecular flexibility index (Phi) is 11.0. The molecule has 3 atom stereocenters. The Morgan fingerprint density at radius 3 is 2.56 bits per heavy atom. The lowest BCUT2D eigenvalue weighted by atomic mass is 9.72. The molecular weight excluding hydrogens is 818 g/mol. The Morgan fingerprint density at radius 1 is 1.03 bits per heavy atom. The van der Waals surface area contributed by atoms with E-state index < -0.39 is 31.4 Å². The molecule has 4 aliphatic rings. The largest absolute Gasteiger partial charge is 0.455 e. The first-order valence-corrected chi connectivity index (χ1v) is 22.5. The Balaban J connectivity index is 0.926. The van der Waals surface area contributed by atoms with Crippen LogP contribution in [-0.2, 0) is 14.8 Å². The fraction of sp³-hybridized carbons (Fsp3) is 0.378. The molecule has 1 saturated carbocycles. The van der Waals surface area contributed by atoms with Gasteiger partial charge in [-0.3, -0.25) is 19.8 Å². The summed E-state index contributed by atoms with van der Waals surface area (Å²) in [7, 11) is -4.55. The molecule has 3 N–H and O–H groups in total. The van der Waals surface area contributed by atoms with Crippen LogP contribution in [0.2, 0.25) is 5.02 Å². The van der Waals surface area contributed by atoms with E-state index in [-0.39, 0.29) is 22.4 Å². The fourth-order valence-electron chi connectivity index (χ4n) is 9.08. The first-order valence-electron chi connectivity index (χ1n) is 20.7. The number of carbonyl (C=O) groups is 1. The summed E-state index contributed by atoms with van der Waals surface area (Å²) in [5, 5.41) is 16.7. The van der Waals surface area contributed by atoms with Crippen LogP contribution < -0.4 is 19.7 Å². The highest BCUT2D eigenvalue weighted by Crippen LogP contribution is 2.51. The number of nitro groups is 1. The summed E-state index contributed by atoms with van der Waals surface area (Å²) in [6, 6.07) is 20.5. The number of hydrogen-bond acceptors (Lipinski definition) is 11. The van der Waals surface area contributed by atoms with Crippen molar-refractivity contribution in [3.8, 4) is 11.5 Å². The molecule has 0 radical (unpaired) electrons. The van der Waals surface area contributed by atoms with Crippen molar-refractivity contribution in [2.24, 2.45) is 23.2 Å². The van der Waals surface area contributed by atoms with Gasteiger partial charge in [0.1, 0.15) is 22.8 Å². The molecule has 2 aliphatic heterocycles. The third kappa shape index (κ3) is 8.83. The molecule has 3 fully saturated rings. The molecule has 0 spiro atoms. The van der Waals surface area contributed by atoms with Crippen molar-refractivity contribution in [2.75, 3.05) is 62.7 Å². The van der Waals surface area contributed by atoms with Crippen molar-refractivity contribution in [3.05, 3.63) is 117 Å². The molecule has 2 aliphatic carbocycles. The number of sulfonamides is 1. The van der Waals surface area contributed by atoms with Gasteiger partial charge in [-0.1, -0.05) is 43.2 Å². The Morgan fingerprint density at radius 2 is 1.80 bits per heavy atom. The van der Waals surface area contributed by atoms with Gasteiger partial charge in [0.2, 0.25) is 0 Å². The SMILES string of the molecule is CC1(C)CCC(CN2CCN(c3ccc(C(=O)NS(=O)(=O)c4ccc(NC[C@H]5[C@H]6COC[C@@H]56)c([N+](=O)[O-])c4)c(Oc4cnc5[nH]ccc5c4)c3)CC2)=C(c2ccc(Cl)cc2)C1. The molecule has 318 valence electrons. The first kappa shape index (κ1) is 40.9. The van der Waals surface area contributed by atoms with Gasteiger partial charge in [-0.15, -0.1) is 0 Å². The number of aromatic amines is 1. The van der Waals surface area contributed by atoms with Crippen LogP contribution in [0.25, 0.3) is 16.6 Å². The second kappa shape index (κ2) is 16.4. The topological polar surface area (TPSA) is 172 Å². The molecule has 2 aromatic heterocycles. The molecule has 0 unspecified atom stereocenters. The number of pyridine rings is 1. The maximum Gasteiger partial charge on any atom is 0.293 e. The van der Waals surface area contributed by atoms with Crippen molar-refractivity contribution < 1.29 is 27.6 Å². The first-order chi connectivity index (χ1) is 29.3. The number of ether oxygens (including phenoxy) is 2.